The fourth-order valence-corrected chi connectivity index (χ4v) is 6.77. The maximum Gasteiger partial charge on any atom is 0.267 e. The number of phenolic OH excluding ortho intramolecular Hbond substituents is 3. The molecule has 2 aromatic heterocycles. The topological polar surface area (TPSA) is 160 Å². The number of carbonyl (C=O) groups excluding carboxylic acids is 1. The molecule has 0 amide bonds. The molecule has 4 aromatic carbocycles. The number of aromatic nitrogens is 4. The van der Waals surface area contributed by atoms with E-state index in [2.05, 4.69) is 15.0 Å². The van der Waals surface area contributed by atoms with Crippen molar-refractivity contribution in [3.8, 4) is 22.9 Å². The van der Waals surface area contributed by atoms with Gasteiger partial charge in [0.25, 0.3) is 11.1 Å². The van der Waals surface area contributed by atoms with E-state index in [0.29, 0.717) is 5.69 Å². The van der Waals surface area contributed by atoms with Crippen LogP contribution in [-0.2, 0) is 0 Å². The van der Waals surface area contributed by atoms with E-state index in [9.17, 15) is 34.1 Å². The van der Waals surface area contributed by atoms with Crippen LogP contribution >= 0.6 is 69.6 Å². The van der Waals surface area contributed by atoms with Crippen LogP contribution in [0.3, 0.4) is 0 Å². The first kappa shape index (κ1) is 37.3. The zero-order chi connectivity index (χ0) is 37.6. The number of halogens is 7. The number of carbonyl (C=O) groups is 1. The zero-order valence-corrected chi connectivity index (χ0v) is 30.5. The van der Waals surface area contributed by atoms with Crippen LogP contribution in [0, 0.1) is 5.82 Å². The van der Waals surface area contributed by atoms with Crippen LogP contribution in [-0.4, -0.2) is 46.4 Å². The van der Waals surface area contributed by atoms with Crippen LogP contribution in [0.2, 0.25) is 30.1 Å². The number of Topliss-reactive ketones (excluding diaryl/α,β-unsaturated/α-hetero) is 1. The lowest BCUT2D eigenvalue weighted by Crippen LogP contribution is -2.19. The van der Waals surface area contributed by atoms with Gasteiger partial charge in [0.15, 0.2) is 23.0 Å². The van der Waals surface area contributed by atoms with E-state index >= 15 is 0 Å². The Morgan fingerprint density at radius 1 is 0.673 bits per heavy atom. The average molecular weight is 826 g/mol. The number of rotatable bonds is 2. The van der Waals surface area contributed by atoms with E-state index in [-0.39, 0.29) is 104 Å². The molecule has 0 radical (unpaired) electrons. The predicted octanol–water partition coefficient (Wildman–Crippen LogP) is 9.27. The average Bonchev–Trinajstić information content (AvgIpc) is 3.95. The standard InChI is InChI=1S/C14H7Cl2FN2O2.C11H8Cl2N2O2.C9H5Cl2NO2/c15-9-5-10(16)13(20)12-11(9)14(21)19(6-18-12)8-3-1-7(17)2-4-8;12-6-3-7(13)10(16)9-8(6)11(17)15(4-14-9)5-1-2-5;10-4-3-5(11)9(14)8-7(4)6(13)1-2-12-8/h1-6,20H;3-5,16H,1-2H2;2-3,14H,1H2. The van der Waals surface area contributed by atoms with Gasteiger partial charge < -0.3 is 15.3 Å². The Morgan fingerprint density at radius 3 is 1.77 bits per heavy atom. The summed E-state index contributed by atoms with van der Waals surface area (Å²) < 4.78 is 15.7. The summed E-state index contributed by atoms with van der Waals surface area (Å²) in [6.45, 7) is 0. The van der Waals surface area contributed by atoms with Gasteiger partial charge in [-0.05, 0) is 55.3 Å². The van der Waals surface area contributed by atoms with Crippen molar-refractivity contribution in [3.63, 3.8) is 0 Å². The minimum Gasteiger partial charge on any atom is -0.504 e. The largest absolute Gasteiger partial charge is 0.504 e. The third kappa shape index (κ3) is 7.14. The second kappa shape index (κ2) is 14.9. The Balaban J connectivity index is 0.000000137. The molecule has 18 heteroatoms. The van der Waals surface area contributed by atoms with Gasteiger partial charge in [0, 0.05) is 18.7 Å². The molecule has 11 nitrogen and oxygen atoms in total. The number of ketones is 1. The molecule has 1 aliphatic heterocycles. The Kier molecular flexibility index (Phi) is 10.7. The van der Waals surface area contributed by atoms with Crippen molar-refractivity contribution in [2.75, 3.05) is 0 Å². The molecule has 1 aliphatic carbocycles. The number of hydrogen-bond acceptors (Lipinski definition) is 9. The van der Waals surface area contributed by atoms with Gasteiger partial charge in [-0.3, -0.25) is 28.5 Å². The number of nitrogens with zero attached hydrogens (tertiary/aromatic N) is 5. The van der Waals surface area contributed by atoms with E-state index in [1.165, 1.54) is 65.9 Å². The lowest BCUT2D eigenvalue weighted by atomic mass is 10.0. The van der Waals surface area contributed by atoms with Gasteiger partial charge >= 0.3 is 0 Å². The Morgan fingerprint density at radius 2 is 1.19 bits per heavy atom. The van der Waals surface area contributed by atoms with Crippen molar-refractivity contribution in [1.82, 2.24) is 19.1 Å². The molecule has 6 aromatic rings. The van der Waals surface area contributed by atoms with Crippen LogP contribution in [0.1, 0.15) is 35.7 Å². The monoisotopic (exact) mass is 823 g/mol. The highest BCUT2D eigenvalue weighted by molar-refractivity contribution is 6.41. The van der Waals surface area contributed by atoms with E-state index in [4.69, 9.17) is 69.6 Å². The normalized spacial score (nSPS) is 13.3. The molecule has 0 atom stereocenters. The molecule has 0 unspecified atom stereocenters. The summed E-state index contributed by atoms with van der Waals surface area (Å²) in [6.07, 6.45) is 6.25. The predicted molar refractivity (Wildman–Crippen MR) is 200 cm³/mol. The van der Waals surface area contributed by atoms with Gasteiger partial charge in [-0.2, -0.15) is 0 Å². The molecule has 3 N–H and O–H groups in total. The highest BCUT2D eigenvalue weighted by atomic mass is 35.5. The Hall–Kier alpha value is -4.43. The number of aliphatic imine (C=N–C) groups is 1. The molecule has 2 aliphatic rings. The first-order chi connectivity index (χ1) is 24.7. The molecule has 52 heavy (non-hydrogen) atoms. The van der Waals surface area contributed by atoms with Crippen LogP contribution in [0.25, 0.3) is 27.5 Å². The SMILES string of the molecule is O=C1CC=Nc2c(O)c(Cl)cc(Cl)c21.O=c1c2c(Cl)cc(Cl)c(O)c2ncn1-c1ccc(F)cc1.O=c1c2c(Cl)cc(Cl)c(O)c2ncn1C1CC1. The van der Waals surface area contributed by atoms with Gasteiger partial charge in [0.2, 0.25) is 0 Å². The lowest BCUT2D eigenvalue weighted by Gasteiger charge is -2.12. The summed E-state index contributed by atoms with van der Waals surface area (Å²) in [7, 11) is 0. The third-order valence-corrected chi connectivity index (χ3v) is 9.61. The van der Waals surface area contributed by atoms with Crippen molar-refractivity contribution in [2.45, 2.75) is 25.3 Å². The van der Waals surface area contributed by atoms with Crippen molar-refractivity contribution in [1.29, 1.82) is 0 Å². The van der Waals surface area contributed by atoms with Gasteiger partial charge in [-0.1, -0.05) is 69.6 Å². The van der Waals surface area contributed by atoms with Gasteiger partial charge in [-0.25, -0.2) is 14.4 Å². The smallest absolute Gasteiger partial charge is 0.267 e. The summed E-state index contributed by atoms with van der Waals surface area (Å²) in [5.41, 5.74) is 0.314. The number of benzene rings is 4. The van der Waals surface area contributed by atoms with Crippen molar-refractivity contribution in [2.24, 2.45) is 4.99 Å². The zero-order valence-electron chi connectivity index (χ0n) is 25.9. The number of fused-ring (bicyclic) bond motifs is 3. The third-order valence-electron chi connectivity index (χ3n) is 7.85. The molecule has 266 valence electrons. The molecule has 0 bridgehead atoms. The molecule has 1 fully saturated rings. The van der Waals surface area contributed by atoms with Crippen LogP contribution in [0.15, 0.2) is 69.7 Å². The molecular weight excluding hydrogens is 806 g/mol. The van der Waals surface area contributed by atoms with Crippen molar-refractivity contribution in [3.05, 3.63) is 117 Å². The fourth-order valence-electron chi connectivity index (χ4n) is 5.15. The van der Waals surface area contributed by atoms with Crippen molar-refractivity contribution < 1.29 is 24.5 Å². The van der Waals surface area contributed by atoms with E-state index in [1.807, 2.05) is 0 Å². The summed E-state index contributed by atoms with van der Waals surface area (Å²) in [5, 5.41) is 30.1. The molecular formula is C34H20Cl6FN5O6. The summed E-state index contributed by atoms with van der Waals surface area (Å²) >= 11 is 35.1. The summed E-state index contributed by atoms with van der Waals surface area (Å²) in [5.74, 6) is -1.28. The molecule has 0 spiro atoms. The van der Waals surface area contributed by atoms with Gasteiger partial charge in [0.1, 0.15) is 28.9 Å². The first-order valence-corrected chi connectivity index (χ1v) is 17.1. The quantitative estimate of drug-likeness (QED) is 0.156. The number of hydrogen-bond donors (Lipinski definition) is 3. The fraction of sp³-hybridized carbons (Fsp3) is 0.118. The highest BCUT2D eigenvalue weighted by Gasteiger charge is 2.27. The lowest BCUT2D eigenvalue weighted by molar-refractivity contribution is 0.100. The summed E-state index contributed by atoms with van der Waals surface area (Å²) in [6, 6.07) is 9.53. The van der Waals surface area contributed by atoms with Gasteiger partial charge in [0.05, 0.1) is 58.5 Å². The number of aromatic hydroxyl groups is 3. The van der Waals surface area contributed by atoms with E-state index in [0.717, 1.165) is 12.8 Å². The highest BCUT2D eigenvalue weighted by Crippen LogP contribution is 2.43. The van der Waals surface area contributed by atoms with Crippen LogP contribution in [0.5, 0.6) is 17.2 Å². The Bertz CT molecular complexity index is 2590. The van der Waals surface area contributed by atoms with Crippen molar-refractivity contribution >= 4 is 109 Å². The minimum atomic E-state index is -0.483. The van der Waals surface area contributed by atoms with Crippen LogP contribution in [0.4, 0.5) is 10.1 Å². The molecule has 3 heterocycles. The molecule has 8 rings (SSSR count). The minimum absolute atomic E-state index is 0.0129. The van der Waals surface area contributed by atoms with E-state index < -0.39 is 11.4 Å². The molecule has 1 saturated carbocycles. The van der Waals surface area contributed by atoms with Gasteiger partial charge in [-0.15, -0.1) is 0 Å². The number of phenols is 3. The second-order valence-electron chi connectivity index (χ2n) is 11.3. The Labute approximate surface area is 321 Å². The molecule has 0 saturated heterocycles. The summed E-state index contributed by atoms with van der Waals surface area (Å²) in [4.78, 5) is 48.1. The van der Waals surface area contributed by atoms with Crippen LogP contribution < -0.4 is 11.1 Å². The van der Waals surface area contributed by atoms with E-state index in [1.54, 1.807) is 4.57 Å². The first-order valence-electron chi connectivity index (χ1n) is 14.9. The maximum atomic E-state index is 12.9. The second-order valence-corrected chi connectivity index (χ2v) is 13.7. The maximum absolute atomic E-state index is 12.9.